The minimum Gasteiger partial charge on any atom is -0.508 e. The van der Waals surface area contributed by atoms with Gasteiger partial charge in [-0.3, -0.25) is 0 Å². The lowest BCUT2D eigenvalue weighted by molar-refractivity contribution is 0.184. The standard InChI is InChI=1S/C28H29ClFN3O2/c29-24-16-25-26(17-27(24)35)33(18-21-1-5-22(30)6-2-21)28(31-25)15-20-10-13-32(14-11-20)12-9-19-3-7-23(34)8-4-19/h1-8,16-17,20,34-35H,9-15,18H2. The Kier molecular flexibility index (Phi) is 6.93. The molecular weight excluding hydrogens is 465 g/mol. The van der Waals surface area contributed by atoms with Crippen molar-refractivity contribution in [2.45, 2.75) is 32.2 Å². The number of hydrogen-bond acceptors (Lipinski definition) is 4. The lowest BCUT2D eigenvalue weighted by Crippen LogP contribution is -2.36. The van der Waals surface area contributed by atoms with E-state index >= 15 is 0 Å². The Balaban J connectivity index is 1.28. The summed E-state index contributed by atoms with van der Waals surface area (Å²) in [6, 6.07) is 17.3. The molecule has 2 heterocycles. The van der Waals surface area contributed by atoms with Crippen LogP contribution in [0.25, 0.3) is 11.0 Å². The molecule has 0 spiro atoms. The summed E-state index contributed by atoms with van der Waals surface area (Å²) in [5, 5.41) is 20.0. The van der Waals surface area contributed by atoms with Crippen molar-refractivity contribution in [3.63, 3.8) is 0 Å². The minimum atomic E-state index is -0.258. The van der Waals surface area contributed by atoms with Crippen LogP contribution < -0.4 is 0 Å². The molecule has 7 heteroatoms. The maximum Gasteiger partial charge on any atom is 0.136 e. The molecule has 0 saturated carbocycles. The van der Waals surface area contributed by atoms with Gasteiger partial charge in [0.25, 0.3) is 0 Å². The molecule has 1 aliphatic heterocycles. The summed E-state index contributed by atoms with van der Waals surface area (Å²) < 4.78 is 15.5. The average Bonchev–Trinajstić information content (AvgIpc) is 3.16. The third-order valence-corrected chi connectivity index (χ3v) is 7.28. The quantitative estimate of drug-likeness (QED) is 0.342. The first-order valence-electron chi connectivity index (χ1n) is 12.1. The van der Waals surface area contributed by atoms with Gasteiger partial charge in [0.1, 0.15) is 23.1 Å². The molecule has 1 fully saturated rings. The molecule has 0 radical (unpaired) electrons. The summed E-state index contributed by atoms with van der Waals surface area (Å²) in [4.78, 5) is 7.39. The van der Waals surface area contributed by atoms with Crippen LogP contribution in [0.3, 0.4) is 0 Å². The molecule has 5 nitrogen and oxygen atoms in total. The van der Waals surface area contributed by atoms with Crippen LogP contribution >= 0.6 is 11.6 Å². The minimum absolute atomic E-state index is 0.0351. The molecule has 1 aliphatic rings. The van der Waals surface area contributed by atoms with Crippen LogP contribution in [0.4, 0.5) is 4.39 Å². The van der Waals surface area contributed by atoms with Crippen LogP contribution in [0.1, 0.15) is 29.8 Å². The van der Waals surface area contributed by atoms with Crippen molar-refractivity contribution in [2.24, 2.45) is 5.92 Å². The first-order valence-corrected chi connectivity index (χ1v) is 12.4. The molecule has 5 rings (SSSR count). The number of nitrogens with zero attached hydrogens (tertiary/aromatic N) is 3. The van der Waals surface area contributed by atoms with Crippen LogP contribution in [-0.2, 0) is 19.4 Å². The predicted octanol–water partition coefficient (Wildman–Crippen LogP) is 5.79. The van der Waals surface area contributed by atoms with Crippen LogP contribution in [0.15, 0.2) is 60.7 Å². The molecule has 2 N–H and O–H groups in total. The number of aromatic hydroxyl groups is 2. The van der Waals surface area contributed by atoms with E-state index in [1.54, 1.807) is 36.4 Å². The number of imidazole rings is 1. The van der Waals surface area contributed by atoms with Gasteiger partial charge in [-0.2, -0.15) is 0 Å². The maximum absolute atomic E-state index is 13.4. The number of piperidine rings is 1. The lowest BCUT2D eigenvalue weighted by atomic mass is 9.93. The van der Waals surface area contributed by atoms with E-state index < -0.39 is 0 Å². The van der Waals surface area contributed by atoms with E-state index in [2.05, 4.69) is 9.47 Å². The highest BCUT2D eigenvalue weighted by molar-refractivity contribution is 6.32. The van der Waals surface area contributed by atoms with E-state index in [4.69, 9.17) is 16.6 Å². The number of phenolic OH excluding ortho intramolecular Hbond substituents is 2. The molecule has 4 aromatic rings. The Labute approximate surface area is 209 Å². The van der Waals surface area contributed by atoms with Gasteiger partial charge in [0, 0.05) is 25.6 Å². The number of halogens is 2. The van der Waals surface area contributed by atoms with Crippen LogP contribution in [0.5, 0.6) is 11.5 Å². The fourth-order valence-electron chi connectivity index (χ4n) is 4.91. The van der Waals surface area contributed by atoms with E-state index in [0.29, 0.717) is 18.2 Å². The van der Waals surface area contributed by atoms with Crippen molar-refractivity contribution in [1.29, 1.82) is 0 Å². The molecule has 1 saturated heterocycles. The SMILES string of the molecule is Oc1ccc(CCN2CCC(Cc3nc4cc(Cl)c(O)cc4n3Cc3ccc(F)cc3)CC2)cc1. The molecule has 0 unspecified atom stereocenters. The molecule has 35 heavy (non-hydrogen) atoms. The highest BCUT2D eigenvalue weighted by Gasteiger charge is 2.23. The second-order valence-electron chi connectivity index (χ2n) is 9.44. The van der Waals surface area contributed by atoms with Gasteiger partial charge in [0.2, 0.25) is 0 Å². The number of phenols is 2. The van der Waals surface area contributed by atoms with E-state index in [1.807, 2.05) is 12.1 Å². The van der Waals surface area contributed by atoms with Crippen molar-refractivity contribution in [2.75, 3.05) is 19.6 Å². The zero-order valence-electron chi connectivity index (χ0n) is 19.5. The smallest absolute Gasteiger partial charge is 0.136 e. The lowest BCUT2D eigenvalue weighted by Gasteiger charge is -2.32. The fraction of sp³-hybridized carbons (Fsp3) is 0.321. The highest BCUT2D eigenvalue weighted by Crippen LogP contribution is 2.31. The van der Waals surface area contributed by atoms with Crippen LogP contribution in [0, 0.1) is 11.7 Å². The number of fused-ring (bicyclic) bond motifs is 1. The molecule has 1 aromatic heterocycles. The van der Waals surface area contributed by atoms with Gasteiger partial charge in [0.05, 0.1) is 16.1 Å². The van der Waals surface area contributed by atoms with Gasteiger partial charge in [0.15, 0.2) is 0 Å². The van der Waals surface area contributed by atoms with Gasteiger partial charge >= 0.3 is 0 Å². The topological polar surface area (TPSA) is 61.5 Å². The third-order valence-electron chi connectivity index (χ3n) is 6.98. The Morgan fingerprint density at radius 3 is 2.34 bits per heavy atom. The Bertz CT molecular complexity index is 1300. The number of hydrogen-bond donors (Lipinski definition) is 2. The highest BCUT2D eigenvalue weighted by atomic mass is 35.5. The molecule has 3 aromatic carbocycles. The number of benzene rings is 3. The maximum atomic E-state index is 13.4. The summed E-state index contributed by atoms with van der Waals surface area (Å²) in [5.41, 5.74) is 3.81. The van der Waals surface area contributed by atoms with Gasteiger partial charge in [-0.05, 0) is 79.7 Å². The summed E-state index contributed by atoms with van der Waals surface area (Å²) >= 11 is 6.16. The van der Waals surface area contributed by atoms with Gasteiger partial charge in [-0.15, -0.1) is 0 Å². The second-order valence-corrected chi connectivity index (χ2v) is 9.85. The number of likely N-dealkylation sites (tertiary alicyclic amines) is 1. The fourth-order valence-corrected chi connectivity index (χ4v) is 5.07. The van der Waals surface area contributed by atoms with Crippen molar-refractivity contribution < 1.29 is 14.6 Å². The van der Waals surface area contributed by atoms with Crippen LogP contribution in [-0.4, -0.2) is 44.3 Å². The average molecular weight is 494 g/mol. The summed E-state index contributed by atoms with van der Waals surface area (Å²) in [5.74, 6) is 1.57. The van der Waals surface area contributed by atoms with Crippen molar-refractivity contribution in [3.8, 4) is 11.5 Å². The predicted molar refractivity (Wildman–Crippen MR) is 137 cm³/mol. The zero-order valence-corrected chi connectivity index (χ0v) is 20.3. The molecule has 182 valence electrons. The van der Waals surface area contributed by atoms with Gasteiger partial charge in [-0.1, -0.05) is 35.9 Å². The van der Waals surface area contributed by atoms with E-state index in [1.165, 1.54) is 17.7 Å². The molecule has 0 bridgehead atoms. The van der Waals surface area contributed by atoms with Crippen molar-refractivity contribution >= 4 is 22.6 Å². The zero-order chi connectivity index (χ0) is 24.4. The van der Waals surface area contributed by atoms with E-state index in [-0.39, 0.29) is 16.6 Å². The third kappa shape index (κ3) is 5.60. The normalized spacial score (nSPS) is 15.1. The van der Waals surface area contributed by atoms with Crippen molar-refractivity contribution in [1.82, 2.24) is 14.5 Å². The molecule has 0 atom stereocenters. The van der Waals surface area contributed by atoms with Crippen LogP contribution in [0.2, 0.25) is 5.02 Å². The Morgan fingerprint density at radius 2 is 1.63 bits per heavy atom. The second kappa shape index (κ2) is 10.3. The van der Waals surface area contributed by atoms with E-state index in [0.717, 1.165) is 67.7 Å². The summed E-state index contributed by atoms with van der Waals surface area (Å²) in [6.45, 7) is 3.66. The first-order chi connectivity index (χ1) is 16.9. The largest absolute Gasteiger partial charge is 0.508 e. The molecule has 0 aliphatic carbocycles. The molecular formula is C28H29ClFN3O2. The van der Waals surface area contributed by atoms with Crippen molar-refractivity contribution in [3.05, 3.63) is 88.5 Å². The Morgan fingerprint density at radius 1 is 0.943 bits per heavy atom. The summed E-state index contributed by atoms with van der Waals surface area (Å²) in [6.07, 6.45) is 4.02. The number of aromatic nitrogens is 2. The monoisotopic (exact) mass is 493 g/mol. The van der Waals surface area contributed by atoms with Gasteiger partial charge in [-0.25, -0.2) is 9.37 Å². The summed E-state index contributed by atoms with van der Waals surface area (Å²) in [7, 11) is 0. The number of rotatable bonds is 7. The van der Waals surface area contributed by atoms with Gasteiger partial charge < -0.3 is 19.7 Å². The molecule has 0 amide bonds. The first kappa shape index (κ1) is 23.6. The van der Waals surface area contributed by atoms with E-state index in [9.17, 15) is 14.6 Å². The Hall–Kier alpha value is -3.09.